The summed E-state index contributed by atoms with van der Waals surface area (Å²) in [5.74, 6) is 0. The second kappa shape index (κ2) is 4.52. The molecular formula is C9H8ClNO2. The first-order valence-electron chi connectivity index (χ1n) is 3.59. The summed E-state index contributed by atoms with van der Waals surface area (Å²) in [4.78, 5) is 11.4. The van der Waals surface area contributed by atoms with Crippen molar-refractivity contribution in [2.24, 2.45) is 0 Å². The zero-order chi connectivity index (χ0) is 9.68. The number of nitrogens with one attached hydrogen (secondary N) is 1. The van der Waals surface area contributed by atoms with Crippen molar-refractivity contribution in [2.45, 2.75) is 0 Å². The van der Waals surface area contributed by atoms with E-state index in [4.69, 9.17) is 21.5 Å². The zero-order valence-corrected chi connectivity index (χ0v) is 7.45. The van der Waals surface area contributed by atoms with E-state index in [9.17, 15) is 0 Å². The lowest BCUT2D eigenvalue weighted by Crippen LogP contribution is -1.67. The molecule has 3 nitrogen and oxygen atoms in total. The molecule has 0 saturated heterocycles. The van der Waals surface area contributed by atoms with E-state index in [1.54, 1.807) is 0 Å². The van der Waals surface area contributed by atoms with Crippen molar-refractivity contribution in [3.63, 3.8) is 0 Å². The van der Waals surface area contributed by atoms with Gasteiger partial charge in [-0.25, -0.2) is 0 Å². The topological polar surface area (TPSA) is 53.1 Å². The molecule has 0 atom stereocenters. The average molecular weight is 198 g/mol. The van der Waals surface area contributed by atoms with Crippen LogP contribution in [0.1, 0.15) is 0 Å². The number of halogens is 1. The predicted molar refractivity (Wildman–Crippen MR) is 52.0 cm³/mol. The molecule has 4 heteroatoms. The van der Waals surface area contributed by atoms with E-state index < -0.39 is 0 Å². The van der Waals surface area contributed by atoms with E-state index in [1.807, 2.05) is 30.5 Å². The van der Waals surface area contributed by atoms with Gasteiger partial charge < -0.3 is 10.1 Å². The standard InChI is InChI=1S/C8H6ClN.CH2O2/c9-7-3-1-2-6-4-5-10-8(6)7;2-1-3/h1-5,10H;1H,(H,2,3). The van der Waals surface area contributed by atoms with Gasteiger partial charge in [0.1, 0.15) is 0 Å². The van der Waals surface area contributed by atoms with Crippen LogP contribution >= 0.6 is 11.6 Å². The molecule has 2 N–H and O–H groups in total. The number of carbonyl (C=O) groups is 1. The highest BCUT2D eigenvalue weighted by Gasteiger charge is 1.95. The number of para-hydroxylation sites is 1. The Balaban J connectivity index is 0.000000251. The lowest BCUT2D eigenvalue weighted by atomic mass is 10.2. The highest BCUT2D eigenvalue weighted by molar-refractivity contribution is 6.35. The van der Waals surface area contributed by atoms with E-state index in [1.165, 1.54) is 0 Å². The normalized spacial score (nSPS) is 9.00. The lowest BCUT2D eigenvalue weighted by molar-refractivity contribution is -0.122. The zero-order valence-electron chi connectivity index (χ0n) is 6.70. The van der Waals surface area contributed by atoms with Crippen LogP contribution in [0.15, 0.2) is 30.5 Å². The summed E-state index contributed by atoms with van der Waals surface area (Å²) in [5.41, 5.74) is 1.02. The summed E-state index contributed by atoms with van der Waals surface area (Å²) < 4.78 is 0. The van der Waals surface area contributed by atoms with Crippen molar-refractivity contribution in [3.05, 3.63) is 35.5 Å². The maximum absolute atomic E-state index is 8.36. The minimum absolute atomic E-state index is 0.250. The van der Waals surface area contributed by atoms with E-state index in [0.717, 1.165) is 15.9 Å². The molecular weight excluding hydrogens is 190 g/mol. The number of aromatic amines is 1. The third kappa shape index (κ3) is 2.23. The van der Waals surface area contributed by atoms with E-state index in [-0.39, 0.29) is 6.47 Å². The van der Waals surface area contributed by atoms with Gasteiger partial charge >= 0.3 is 0 Å². The monoisotopic (exact) mass is 197 g/mol. The lowest BCUT2D eigenvalue weighted by Gasteiger charge is -1.90. The van der Waals surface area contributed by atoms with Crippen LogP contribution in [0.3, 0.4) is 0 Å². The van der Waals surface area contributed by atoms with Gasteiger partial charge in [0, 0.05) is 11.6 Å². The number of H-pyrrole nitrogens is 1. The van der Waals surface area contributed by atoms with Crippen LogP contribution < -0.4 is 0 Å². The summed E-state index contributed by atoms with van der Waals surface area (Å²) in [7, 11) is 0. The SMILES string of the molecule is Clc1cccc2cc[nH]c12.O=CO. The molecule has 0 spiro atoms. The summed E-state index contributed by atoms with van der Waals surface area (Å²) in [6, 6.07) is 7.85. The van der Waals surface area contributed by atoms with E-state index in [2.05, 4.69) is 4.98 Å². The third-order valence-electron chi connectivity index (χ3n) is 1.54. The quantitative estimate of drug-likeness (QED) is 0.638. The Labute approximate surface area is 80.0 Å². The summed E-state index contributed by atoms with van der Waals surface area (Å²) in [6.45, 7) is -0.250. The predicted octanol–water partition coefficient (Wildman–Crippen LogP) is 2.52. The van der Waals surface area contributed by atoms with Crippen LogP contribution in [0.4, 0.5) is 0 Å². The minimum Gasteiger partial charge on any atom is -0.483 e. The Bertz CT molecular complexity index is 397. The van der Waals surface area contributed by atoms with Crippen molar-refractivity contribution in [2.75, 3.05) is 0 Å². The maximum atomic E-state index is 8.36. The first kappa shape index (κ1) is 9.61. The second-order valence-electron chi connectivity index (χ2n) is 2.29. The van der Waals surface area contributed by atoms with E-state index >= 15 is 0 Å². The molecule has 0 bridgehead atoms. The molecule has 2 aromatic rings. The minimum atomic E-state index is -0.250. The van der Waals surface area contributed by atoms with Crippen LogP contribution in [0.25, 0.3) is 10.9 Å². The largest absolute Gasteiger partial charge is 0.483 e. The molecule has 0 unspecified atom stereocenters. The Kier molecular flexibility index (Phi) is 3.34. The summed E-state index contributed by atoms with van der Waals surface area (Å²) >= 11 is 5.87. The van der Waals surface area contributed by atoms with Crippen molar-refractivity contribution in [1.29, 1.82) is 0 Å². The molecule has 0 radical (unpaired) electrons. The number of hydrogen-bond acceptors (Lipinski definition) is 1. The van der Waals surface area contributed by atoms with E-state index in [0.29, 0.717) is 0 Å². The average Bonchev–Trinajstić information content (AvgIpc) is 2.54. The Hall–Kier alpha value is -1.48. The molecule has 1 aromatic heterocycles. The van der Waals surface area contributed by atoms with Gasteiger partial charge in [-0.05, 0) is 12.1 Å². The first-order chi connectivity index (χ1) is 6.29. The molecule has 0 saturated carbocycles. The van der Waals surface area contributed by atoms with Gasteiger partial charge in [-0.3, -0.25) is 4.79 Å². The maximum Gasteiger partial charge on any atom is 0.290 e. The van der Waals surface area contributed by atoms with Gasteiger partial charge in [0.25, 0.3) is 6.47 Å². The van der Waals surface area contributed by atoms with Crippen molar-refractivity contribution >= 4 is 29.0 Å². The van der Waals surface area contributed by atoms with Crippen molar-refractivity contribution in [1.82, 2.24) is 4.98 Å². The van der Waals surface area contributed by atoms with Crippen LogP contribution in [-0.4, -0.2) is 16.6 Å². The fourth-order valence-corrected chi connectivity index (χ4v) is 1.28. The van der Waals surface area contributed by atoms with Gasteiger partial charge in [0.15, 0.2) is 0 Å². The molecule has 0 aliphatic rings. The molecule has 1 heterocycles. The van der Waals surface area contributed by atoms with Gasteiger partial charge in [-0.1, -0.05) is 23.7 Å². The molecule has 68 valence electrons. The number of carboxylic acid groups (broad SMARTS) is 1. The summed E-state index contributed by atoms with van der Waals surface area (Å²) in [6.07, 6.45) is 1.89. The fraction of sp³-hybridized carbons (Fsp3) is 0. The van der Waals surface area contributed by atoms with Gasteiger partial charge in [0.2, 0.25) is 0 Å². The van der Waals surface area contributed by atoms with Crippen molar-refractivity contribution < 1.29 is 9.90 Å². The van der Waals surface area contributed by atoms with Crippen LogP contribution in [0, 0.1) is 0 Å². The smallest absolute Gasteiger partial charge is 0.290 e. The molecule has 1 aromatic carbocycles. The summed E-state index contributed by atoms with van der Waals surface area (Å²) in [5, 5.41) is 8.83. The van der Waals surface area contributed by atoms with Gasteiger partial charge in [0.05, 0.1) is 10.5 Å². The number of hydrogen-bond donors (Lipinski definition) is 2. The van der Waals surface area contributed by atoms with Crippen molar-refractivity contribution in [3.8, 4) is 0 Å². The Morgan fingerprint density at radius 1 is 1.38 bits per heavy atom. The van der Waals surface area contributed by atoms with Crippen LogP contribution in [0.2, 0.25) is 5.02 Å². The first-order valence-corrected chi connectivity index (χ1v) is 3.97. The van der Waals surface area contributed by atoms with Gasteiger partial charge in [-0.15, -0.1) is 0 Å². The van der Waals surface area contributed by atoms with Crippen LogP contribution in [0.5, 0.6) is 0 Å². The fourth-order valence-electron chi connectivity index (χ4n) is 1.05. The number of rotatable bonds is 0. The highest BCUT2D eigenvalue weighted by atomic mass is 35.5. The van der Waals surface area contributed by atoms with Gasteiger partial charge in [-0.2, -0.15) is 0 Å². The number of benzene rings is 1. The molecule has 0 fully saturated rings. The Morgan fingerprint density at radius 2 is 2.08 bits per heavy atom. The number of fused-ring (bicyclic) bond motifs is 1. The molecule has 0 aliphatic heterocycles. The highest BCUT2D eigenvalue weighted by Crippen LogP contribution is 2.20. The van der Waals surface area contributed by atoms with Crippen LogP contribution in [-0.2, 0) is 4.79 Å². The Morgan fingerprint density at radius 3 is 2.69 bits per heavy atom. The number of aromatic nitrogens is 1. The molecule has 13 heavy (non-hydrogen) atoms. The third-order valence-corrected chi connectivity index (χ3v) is 1.85. The second-order valence-corrected chi connectivity index (χ2v) is 2.69. The molecule has 0 aliphatic carbocycles. The molecule has 2 rings (SSSR count). The molecule has 0 amide bonds.